The predicted molar refractivity (Wildman–Crippen MR) is 137 cm³/mol. The van der Waals surface area contributed by atoms with Crippen molar-refractivity contribution in [3.05, 3.63) is 106 Å². The molecule has 1 unspecified atom stereocenters. The van der Waals surface area contributed by atoms with Gasteiger partial charge >= 0.3 is 6.18 Å². The number of hydrogen-bond donors (Lipinski definition) is 1. The first-order valence-electron chi connectivity index (χ1n) is 12.7. The third kappa shape index (κ3) is 5.44. The summed E-state index contributed by atoms with van der Waals surface area (Å²) < 4.78 is 65.4. The Morgan fingerprint density at radius 2 is 1.65 bits per heavy atom. The number of amides is 1. The number of ketones is 1. The van der Waals surface area contributed by atoms with Crippen LogP contribution in [0.5, 0.6) is 5.75 Å². The molecule has 6 nitrogen and oxygen atoms in total. The molecule has 2 saturated heterocycles. The molecule has 1 amide bonds. The van der Waals surface area contributed by atoms with E-state index < -0.39 is 47.1 Å². The maximum Gasteiger partial charge on any atom is 0.416 e. The molecule has 2 aliphatic heterocycles. The van der Waals surface area contributed by atoms with Gasteiger partial charge in [0.15, 0.2) is 0 Å². The van der Waals surface area contributed by atoms with Gasteiger partial charge in [0, 0.05) is 19.3 Å². The van der Waals surface area contributed by atoms with E-state index in [0.717, 1.165) is 29.8 Å². The van der Waals surface area contributed by atoms with Gasteiger partial charge in [0.05, 0.1) is 22.7 Å². The van der Waals surface area contributed by atoms with Crippen molar-refractivity contribution in [2.45, 2.75) is 37.7 Å². The number of halogens is 4. The smallest absolute Gasteiger partial charge is 0.416 e. The third-order valence-corrected chi connectivity index (χ3v) is 7.05. The summed E-state index contributed by atoms with van der Waals surface area (Å²) in [7, 11) is 0. The molecule has 2 aliphatic rings. The molecule has 10 heteroatoms. The van der Waals surface area contributed by atoms with Gasteiger partial charge < -0.3 is 19.5 Å². The molecule has 0 aliphatic carbocycles. The zero-order chi connectivity index (χ0) is 28.4. The molecule has 5 rings (SSSR count). The number of nitrogens with zero attached hydrogens (tertiary/aromatic N) is 1. The highest BCUT2D eigenvalue weighted by molar-refractivity contribution is 6.46. The molecule has 3 aromatic carbocycles. The third-order valence-electron chi connectivity index (χ3n) is 7.05. The normalized spacial score (nSPS) is 19.7. The summed E-state index contributed by atoms with van der Waals surface area (Å²) >= 11 is 0. The zero-order valence-corrected chi connectivity index (χ0v) is 21.2. The van der Waals surface area contributed by atoms with Crippen molar-refractivity contribution < 1.29 is 41.7 Å². The van der Waals surface area contributed by atoms with E-state index in [0.29, 0.717) is 26.1 Å². The standard InChI is InChI=1S/C30H25F4NO5/c31-21-10-11-24(40-17-18-4-2-1-3-5-18)23(16-21)27(36)25-26(19-6-8-20(9-7-19)30(32,33)34)35(29(38)28(25)37)22-12-14-39-15-13-22/h1-11,16,22,26,36H,12-15,17H2. The fourth-order valence-corrected chi connectivity index (χ4v) is 5.07. The van der Waals surface area contributed by atoms with Crippen LogP contribution in [0.3, 0.4) is 0 Å². The summed E-state index contributed by atoms with van der Waals surface area (Å²) in [5, 5.41) is 11.5. The minimum atomic E-state index is -4.59. The van der Waals surface area contributed by atoms with Gasteiger partial charge in [-0.25, -0.2) is 4.39 Å². The van der Waals surface area contributed by atoms with Crippen LogP contribution >= 0.6 is 0 Å². The molecule has 0 saturated carbocycles. The fourth-order valence-electron chi connectivity index (χ4n) is 5.07. The van der Waals surface area contributed by atoms with Gasteiger partial charge in [0.1, 0.15) is 23.9 Å². The Kier molecular flexibility index (Phi) is 7.62. The quantitative estimate of drug-likeness (QED) is 0.174. The van der Waals surface area contributed by atoms with Crippen LogP contribution < -0.4 is 4.74 Å². The van der Waals surface area contributed by atoms with E-state index in [1.54, 1.807) is 0 Å². The second-order valence-corrected chi connectivity index (χ2v) is 9.58. The largest absolute Gasteiger partial charge is 0.507 e. The van der Waals surface area contributed by atoms with Crippen LogP contribution in [-0.2, 0) is 27.1 Å². The first-order chi connectivity index (χ1) is 19.1. The Labute approximate surface area is 227 Å². The second-order valence-electron chi connectivity index (χ2n) is 9.58. The number of hydrogen-bond acceptors (Lipinski definition) is 5. The molecular formula is C30H25F4NO5. The monoisotopic (exact) mass is 555 g/mol. The molecule has 2 heterocycles. The lowest BCUT2D eigenvalue weighted by Gasteiger charge is -2.35. The van der Waals surface area contributed by atoms with Crippen molar-refractivity contribution in [2.24, 2.45) is 0 Å². The Hall–Kier alpha value is -4.18. The van der Waals surface area contributed by atoms with Crippen molar-refractivity contribution >= 4 is 17.4 Å². The number of aliphatic hydroxyl groups excluding tert-OH is 1. The molecule has 0 aromatic heterocycles. The topological polar surface area (TPSA) is 76.1 Å². The van der Waals surface area contributed by atoms with Crippen LogP contribution in [0.1, 0.15) is 41.1 Å². The molecule has 0 bridgehead atoms. The van der Waals surface area contributed by atoms with E-state index in [1.165, 1.54) is 23.1 Å². The maximum absolute atomic E-state index is 14.4. The molecule has 1 atom stereocenters. The molecule has 0 spiro atoms. The number of alkyl halides is 3. The van der Waals surface area contributed by atoms with Gasteiger partial charge in [-0.3, -0.25) is 9.59 Å². The van der Waals surface area contributed by atoms with E-state index >= 15 is 0 Å². The minimum Gasteiger partial charge on any atom is -0.507 e. The summed E-state index contributed by atoms with van der Waals surface area (Å²) in [5.41, 5.74) is -0.418. The Bertz CT molecular complexity index is 1430. The van der Waals surface area contributed by atoms with Gasteiger partial charge in [0.2, 0.25) is 0 Å². The fraction of sp³-hybridized carbons (Fsp3) is 0.267. The molecule has 2 fully saturated rings. The number of aliphatic hydroxyl groups is 1. The van der Waals surface area contributed by atoms with Gasteiger partial charge in [-0.05, 0) is 54.3 Å². The van der Waals surface area contributed by atoms with Gasteiger partial charge in [-0.1, -0.05) is 42.5 Å². The van der Waals surface area contributed by atoms with Crippen LogP contribution in [0.4, 0.5) is 17.6 Å². The van der Waals surface area contributed by atoms with Crippen molar-refractivity contribution in [3.63, 3.8) is 0 Å². The van der Waals surface area contributed by atoms with Gasteiger partial charge in [-0.2, -0.15) is 13.2 Å². The van der Waals surface area contributed by atoms with Crippen LogP contribution in [0.2, 0.25) is 0 Å². The number of benzene rings is 3. The average molecular weight is 556 g/mol. The maximum atomic E-state index is 14.4. The molecule has 1 N–H and O–H groups in total. The lowest BCUT2D eigenvalue weighted by molar-refractivity contribution is -0.142. The number of carbonyl (C=O) groups excluding carboxylic acids is 2. The van der Waals surface area contributed by atoms with Crippen LogP contribution in [-0.4, -0.2) is 41.0 Å². The van der Waals surface area contributed by atoms with Crippen molar-refractivity contribution in [1.82, 2.24) is 4.90 Å². The number of ether oxygens (including phenoxy) is 2. The average Bonchev–Trinajstić information content (AvgIpc) is 3.22. The number of Topliss-reactive ketones (excluding diaryl/α,β-unsaturated/α-hetero) is 1. The van der Waals surface area contributed by atoms with E-state index in [2.05, 4.69) is 0 Å². The van der Waals surface area contributed by atoms with Gasteiger partial charge in [-0.15, -0.1) is 0 Å². The summed E-state index contributed by atoms with van der Waals surface area (Å²) in [6.07, 6.45) is -3.79. The lowest BCUT2D eigenvalue weighted by Crippen LogP contribution is -2.42. The van der Waals surface area contributed by atoms with E-state index in [4.69, 9.17) is 9.47 Å². The van der Waals surface area contributed by atoms with Crippen molar-refractivity contribution in [2.75, 3.05) is 13.2 Å². The lowest BCUT2D eigenvalue weighted by atomic mass is 9.93. The van der Waals surface area contributed by atoms with Crippen molar-refractivity contribution in [1.29, 1.82) is 0 Å². The summed E-state index contributed by atoms with van der Waals surface area (Å²) in [4.78, 5) is 28.0. The Balaban J connectivity index is 1.61. The summed E-state index contributed by atoms with van der Waals surface area (Å²) in [5.74, 6) is -3.27. The molecular weight excluding hydrogens is 530 g/mol. The summed E-state index contributed by atoms with van der Waals surface area (Å²) in [6.45, 7) is 0.731. The molecule has 40 heavy (non-hydrogen) atoms. The molecule has 208 valence electrons. The van der Waals surface area contributed by atoms with Crippen LogP contribution in [0.15, 0.2) is 78.4 Å². The minimum absolute atomic E-state index is 0.0613. The summed E-state index contributed by atoms with van der Waals surface area (Å²) in [6, 6.07) is 14.9. The Morgan fingerprint density at radius 3 is 2.30 bits per heavy atom. The predicted octanol–water partition coefficient (Wildman–Crippen LogP) is 6.02. The highest BCUT2D eigenvalue weighted by Crippen LogP contribution is 2.44. The van der Waals surface area contributed by atoms with E-state index in [9.17, 15) is 32.3 Å². The highest BCUT2D eigenvalue weighted by atomic mass is 19.4. The van der Waals surface area contributed by atoms with Crippen molar-refractivity contribution in [3.8, 4) is 5.75 Å². The first-order valence-corrected chi connectivity index (χ1v) is 12.7. The zero-order valence-electron chi connectivity index (χ0n) is 21.2. The van der Waals surface area contributed by atoms with Crippen LogP contribution in [0, 0.1) is 5.82 Å². The van der Waals surface area contributed by atoms with E-state index in [1.807, 2.05) is 30.3 Å². The first kappa shape index (κ1) is 27.4. The Morgan fingerprint density at radius 1 is 0.975 bits per heavy atom. The van der Waals surface area contributed by atoms with Gasteiger partial charge in [0.25, 0.3) is 11.7 Å². The highest BCUT2D eigenvalue weighted by Gasteiger charge is 2.49. The number of likely N-dealkylation sites (tertiary alicyclic amines) is 1. The number of carbonyl (C=O) groups is 2. The molecule has 0 radical (unpaired) electrons. The molecule has 3 aromatic rings. The van der Waals surface area contributed by atoms with Crippen LogP contribution in [0.25, 0.3) is 5.76 Å². The van der Waals surface area contributed by atoms with E-state index in [-0.39, 0.29) is 29.1 Å². The number of rotatable bonds is 6. The second kappa shape index (κ2) is 11.1. The SMILES string of the molecule is O=C1C(=O)N(C2CCOCC2)C(c2ccc(C(F)(F)F)cc2)C1=C(O)c1cc(F)ccc1OCc1ccccc1.